The molecule has 4 rings (SSSR count). The second-order valence-electron chi connectivity index (χ2n) is 9.28. The van der Waals surface area contributed by atoms with Crippen LogP contribution in [-0.2, 0) is 12.8 Å². The fourth-order valence-corrected chi connectivity index (χ4v) is 6.63. The van der Waals surface area contributed by atoms with Gasteiger partial charge in [-0.25, -0.2) is 0 Å². The van der Waals surface area contributed by atoms with Crippen molar-refractivity contribution in [2.75, 3.05) is 13.2 Å². The molecule has 0 saturated heterocycles. The van der Waals surface area contributed by atoms with Gasteiger partial charge in [0.2, 0.25) is 0 Å². The second kappa shape index (κ2) is 7.94. The third kappa shape index (κ3) is 3.70. The number of benzene rings is 1. The molecular weight excluding hydrogens is 420 g/mol. The number of rotatable bonds is 8. The van der Waals surface area contributed by atoms with E-state index in [2.05, 4.69) is 20.8 Å². The van der Waals surface area contributed by atoms with Crippen LogP contribution in [0.3, 0.4) is 0 Å². The molecule has 0 unspecified atom stereocenters. The molecule has 1 aromatic heterocycles. The Hall–Kier alpha value is -1.40. The summed E-state index contributed by atoms with van der Waals surface area (Å²) in [5.41, 5.74) is 5.02. The Morgan fingerprint density at radius 1 is 1.37 bits per heavy atom. The monoisotopic (exact) mass is 448 g/mol. The van der Waals surface area contributed by atoms with Gasteiger partial charge in [0.1, 0.15) is 18.5 Å². The van der Waals surface area contributed by atoms with Crippen molar-refractivity contribution in [3.63, 3.8) is 0 Å². The minimum atomic E-state index is -0.939. The van der Waals surface area contributed by atoms with Crippen LogP contribution in [-0.4, -0.2) is 35.3 Å². The lowest BCUT2D eigenvalue weighted by molar-refractivity contribution is 0.0534. The number of carbonyl (C=O) groups is 1. The summed E-state index contributed by atoms with van der Waals surface area (Å²) in [4.78, 5) is 15.3. The maximum absolute atomic E-state index is 13.0. The number of aliphatic hydroxyl groups is 2. The van der Waals surface area contributed by atoms with E-state index in [0.29, 0.717) is 40.9 Å². The maximum Gasteiger partial charge on any atom is 0.173 e. The van der Waals surface area contributed by atoms with E-state index in [9.17, 15) is 9.90 Å². The van der Waals surface area contributed by atoms with Crippen LogP contribution in [0.4, 0.5) is 0 Å². The highest BCUT2D eigenvalue weighted by Crippen LogP contribution is 2.71. The Kier molecular flexibility index (Phi) is 5.77. The molecule has 2 aliphatic carbocycles. The molecule has 1 heterocycles. The molecule has 0 aliphatic heterocycles. The summed E-state index contributed by atoms with van der Waals surface area (Å²) in [6.45, 7) is 8.36. The molecule has 1 fully saturated rings. The number of aryl methyl sites for hydroxylation is 3. The molecule has 3 atom stereocenters. The summed E-state index contributed by atoms with van der Waals surface area (Å²) in [6, 6.07) is 3.80. The van der Waals surface area contributed by atoms with Gasteiger partial charge in [0, 0.05) is 11.3 Å². The number of hydrogen-bond donors (Lipinski definition) is 2. The van der Waals surface area contributed by atoms with Crippen LogP contribution in [0.15, 0.2) is 12.1 Å². The van der Waals surface area contributed by atoms with Gasteiger partial charge in [-0.05, 0) is 72.3 Å². The van der Waals surface area contributed by atoms with Crippen LogP contribution in [0.1, 0.15) is 63.0 Å². The lowest BCUT2D eigenvalue weighted by Gasteiger charge is -2.15. The summed E-state index contributed by atoms with van der Waals surface area (Å²) in [5.74, 6) is 2.08. The molecule has 6 heteroatoms. The van der Waals surface area contributed by atoms with Gasteiger partial charge in [0.05, 0.1) is 16.5 Å². The standard InChI is InChI=1S/C24H29ClO4S/c1-12-7-14(8-18(25)22(12)29-11-15(27)10-26)5-6-19(28)23-16-9-17-21(24(17,3)4)20(16)13(2)30-23/h7-8,15,17,21,26-27H,5-6,9-11H2,1-4H3/t15-,17+,21+/m0/s1. The molecule has 2 aliphatic rings. The number of hydrogen-bond acceptors (Lipinski definition) is 5. The summed E-state index contributed by atoms with van der Waals surface area (Å²) < 4.78 is 5.55. The number of carbonyl (C=O) groups excluding carboxylic acids is 1. The summed E-state index contributed by atoms with van der Waals surface area (Å²) in [5, 5.41) is 18.8. The van der Waals surface area contributed by atoms with Crippen molar-refractivity contribution in [1.82, 2.24) is 0 Å². The Bertz CT molecular complexity index is 970. The van der Waals surface area contributed by atoms with Crippen LogP contribution in [0.25, 0.3) is 0 Å². The zero-order chi connectivity index (χ0) is 21.8. The predicted molar refractivity (Wildman–Crippen MR) is 120 cm³/mol. The molecule has 0 spiro atoms. The number of aliphatic hydroxyl groups excluding tert-OH is 2. The van der Waals surface area contributed by atoms with Gasteiger partial charge in [0.25, 0.3) is 0 Å². The van der Waals surface area contributed by atoms with Crippen LogP contribution in [0.5, 0.6) is 5.75 Å². The summed E-state index contributed by atoms with van der Waals surface area (Å²) in [7, 11) is 0. The first-order valence-corrected chi connectivity index (χ1v) is 11.7. The molecule has 0 radical (unpaired) electrons. The zero-order valence-electron chi connectivity index (χ0n) is 17.9. The predicted octanol–water partition coefficient (Wildman–Crippen LogP) is 4.86. The quantitative estimate of drug-likeness (QED) is 0.566. The third-order valence-electron chi connectivity index (χ3n) is 6.83. The Balaban J connectivity index is 1.43. The van der Waals surface area contributed by atoms with E-state index < -0.39 is 6.10 Å². The van der Waals surface area contributed by atoms with E-state index in [1.807, 2.05) is 19.1 Å². The van der Waals surface area contributed by atoms with Crippen molar-refractivity contribution in [2.24, 2.45) is 11.3 Å². The first-order chi connectivity index (χ1) is 14.1. The van der Waals surface area contributed by atoms with Gasteiger partial charge in [-0.15, -0.1) is 11.3 Å². The molecule has 0 bridgehead atoms. The fourth-order valence-electron chi connectivity index (χ4n) is 5.09. The maximum atomic E-state index is 13.0. The molecule has 162 valence electrons. The lowest BCUT2D eigenvalue weighted by Crippen LogP contribution is -2.21. The van der Waals surface area contributed by atoms with E-state index in [4.69, 9.17) is 21.4 Å². The fraction of sp³-hybridized carbons (Fsp3) is 0.542. The Morgan fingerprint density at radius 3 is 2.77 bits per heavy atom. The highest BCUT2D eigenvalue weighted by Gasteiger charge is 2.63. The number of ether oxygens (including phenoxy) is 1. The van der Waals surface area contributed by atoms with E-state index in [1.165, 1.54) is 16.0 Å². The van der Waals surface area contributed by atoms with E-state index in [1.54, 1.807) is 11.3 Å². The van der Waals surface area contributed by atoms with Crippen molar-refractivity contribution < 1.29 is 19.7 Å². The Morgan fingerprint density at radius 2 is 2.10 bits per heavy atom. The topological polar surface area (TPSA) is 66.8 Å². The number of Topliss-reactive ketones (excluding diaryl/α,β-unsaturated/α-hetero) is 1. The number of thiophene rings is 1. The highest BCUT2D eigenvalue weighted by molar-refractivity contribution is 7.14. The smallest absolute Gasteiger partial charge is 0.173 e. The molecular formula is C24H29ClO4S. The van der Waals surface area contributed by atoms with E-state index >= 15 is 0 Å². The minimum Gasteiger partial charge on any atom is -0.489 e. The molecule has 0 amide bonds. The van der Waals surface area contributed by atoms with Crippen LogP contribution in [0.2, 0.25) is 5.02 Å². The number of halogens is 1. The van der Waals surface area contributed by atoms with Gasteiger partial charge in [-0.2, -0.15) is 0 Å². The summed E-state index contributed by atoms with van der Waals surface area (Å²) in [6.07, 6.45) is 1.20. The Labute approximate surface area is 186 Å². The van der Waals surface area contributed by atoms with Crippen molar-refractivity contribution in [1.29, 1.82) is 0 Å². The average Bonchev–Trinajstić information content (AvgIpc) is 3.02. The molecule has 30 heavy (non-hydrogen) atoms. The number of ketones is 1. The van der Waals surface area contributed by atoms with Crippen LogP contribution in [0, 0.1) is 25.2 Å². The molecule has 1 aromatic carbocycles. The van der Waals surface area contributed by atoms with Gasteiger partial charge < -0.3 is 14.9 Å². The molecule has 2 aromatic rings. The van der Waals surface area contributed by atoms with Gasteiger partial charge >= 0.3 is 0 Å². The zero-order valence-corrected chi connectivity index (χ0v) is 19.5. The largest absolute Gasteiger partial charge is 0.489 e. The van der Waals surface area contributed by atoms with Crippen LogP contribution >= 0.6 is 22.9 Å². The first-order valence-electron chi connectivity index (χ1n) is 10.5. The van der Waals surface area contributed by atoms with Crippen molar-refractivity contribution in [3.8, 4) is 5.75 Å². The van der Waals surface area contributed by atoms with Gasteiger partial charge in [0.15, 0.2) is 5.78 Å². The van der Waals surface area contributed by atoms with Gasteiger partial charge in [-0.1, -0.05) is 31.5 Å². The molecule has 4 nitrogen and oxygen atoms in total. The first kappa shape index (κ1) is 21.8. The van der Waals surface area contributed by atoms with Crippen molar-refractivity contribution in [3.05, 3.63) is 49.2 Å². The second-order valence-corrected chi connectivity index (χ2v) is 10.9. The van der Waals surface area contributed by atoms with Crippen molar-refractivity contribution in [2.45, 2.75) is 59.0 Å². The number of fused-ring (bicyclic) bond motifs is 3. The normalized spacial score (nSPS) is 21.8. The minimum absolute atomic E-state index is 0.0173. The van der Waals surface area contributed by atoms with E-state index in [0.717, 1.165) is 22.4 Å². The highest BCUT2D eigenvalue weighted by atomic mass is 35.5. The third-order valence-corrected chi connectivity index (χ3v) is 8.32. The SMILES string of the molecule is Cc1cc(CCC(=O)c2sc(C)c3c2C[C@@H]2[C@H]3C2(C)C)cc(Cl)c1OC[C@@H](O)CO. The average molecular weight is 449 g/mol. The van der Waals surface area contributed by atoms with E-state index in [-0.39, 0.29) is 19.0 Å². The van der Waals surface area contributed by atoms with Crippen LogP contribution < -0.4 is 4.74 Å². The summed E-state index contributed by atoms with van der Waals surface area (Å²) >= 11 is 8.04. The lowest BCUT2D eigenvalue weighted by atomic mass is 9.94. The molecule has 2 N–H and O–H groups in total. The molecule has 1 saturated carbocycles. The van der Waals surface area contributed by atoms with Crippen molar-refractivity contribution >= 4 is 28.7 Å². The van der Waals surface area contributed by atoms with Gasteiger partial charge in [-0.3, -0.25) is 4.79 Å².